The molecule has 1 heterocycles. The van der Waals surface area contributed by atoms with Crippen molar-refractivity contribution in [3.63, 3.8) is 0 Å². The number of alkyl halides is 1. The summed E-state index contributed by atoms with van der Waals surface area (Å²) in [6, 6.07) is 16.6. The number of rotatable bonds is 3. The number of para-hydroxylation sites is 1. The van der Waals surface area contributed by atoms with Crippen molar-refractivity contribution < 1.29 is 4.79 Å². The van der Waals surface area contributed by atoms with Crippen molar-refractivity contribution >= 4 is 39.9 Å². The number of hydrogen-bond donors (Lipinski definition) is 0. The zero-order valence-corrected chi connectivity index (χ0v) is 12.9. The van der Waals surface area contributed by atoms with Crippen LogP contribution in [0.5, 0.6) is 0 Å². The summed E-state index contributed by atoms with van der Waals surface area (Å²) in [5.74, 6) is -0.337. The van der Waals surface area contributed by atoms with E-state index >= 15 is 0 Å². The third-order valence-electron chi connectivity index (χ3n) is 3.47. The van der Waals surface area contributed by atoms with Crippen molar-refractivity contribution in [1.82, 2.24) is 4.57 Å². The molecule has 0 amide bonds. The molecule has 0 aliphatic heterocycles. The monoisotopic (exact) mass is 328 g/mol. The Kier molecular flexibility index (Phi) is 3.89. The first-order valence-corrected chi connectivity index (χ1v) is 7.47. The highest BCUT2D eigenvalue weighted by molar-refractivity contribution is 6.39. The average molecular weight is 329 g/mol. The second-order valence-electron chi connectivity index (χ2n) is 4.73. The summed E-state index contributed by atoms with van der Waals surface area (Å²) in [4.78, 5) is 12.1. The summed E-state index contributed by atoms with van der Waals surface area (Å²) in [5, 5.41) is 9.99. The fourth-order valence-corrected chi connectivity index (χ4v) is 3.01. The standard InChI is InChI=1S/C17H10Cl2N2O/c18-9-15(22)16-13-3-1-2-4-14(13)21(17(16)19)12-7-5-11(10-20)6-8-12/h1-8H,9H2. The van der Waals surface area contributed by atoms with Gasteiger partial charge in [0.05, 0.1) is 28.6 Å². The van der Waals surface area contributed by atoms with E-state index < -0.39 is 0 Å². The Labute approximate surface area is 137 Å². The zero-order chi connectivity index (χ0) is 15.7. The van der Waals surface area contributed by atoms with E-state index in [4.69, 9.17) is 28.5 Å². The molecule has 3 nitrogen and oxygen atoms in total. The number of Topliss-reactive ketones (excluding diaryl/α,β-unsaturated/α-hetero) is 1. The summed E-state index contributed by atoms with van der Waals surface area (Å²) in [6.07, 6.45) is 0. The molecular formula is C17H10Cl2N2O. The predicted molar refractivity (Wildman–Crippen MR) is 88.1 cm³/mol. The summed E-state index contributed by atoms with van der Waals surface area (Å²) >= 11 is 12.2. The molecule has 2 aromatic carbocycles. The van der Waals surface area contributed by atoms with Crippen LogP contribution >= 0.6 is 23.2 Å². The van der Waals surface area contributed by atoms with Crippen molar-refractivity contribution in [2.75, 3.05) is 5.88 Å². The third kappa shape index (κ3) is 2.27. The van der Waals surface area contributed by atoms with Gasteiger partial charge in [0, 0.05) is 11.1 Å². The molecule has 0 N–H and O–H groups in total. The summed E-state index contributed by atoms with van der Waals surface area (Å²) in [7, 11) is 0. The number of carbonyl (C=O) groups excluding carboxylic acids is 1. The van der Waals surface area contributed by atoms with Gasteiger partial charge in [0.25, 0.3) is 0 Å². The number of ketones is 1. The molecule has 22 heavy (non-hydrogen) atoms. The molecule has 0 fully saturated rings. The Balaban J connectivity index is 2.32. The molecule has 0 radical (unpaired) electrons. The number of nitriles is 1. The van der Waals surface area contributed by atoms with E-state index in [1.54, 1.807) is 28.8 Å². The van der Waals surface area contributed by atoms with Crippen molar-refractivity contribution in [1.29, 1.82) is 5.26 Å². The van der Waals surface area contributed by atoms with Gasteiger partial charge in [0.15, 0.2) is 5.78 Å². The normalized spacial score (nSPS) is 10.6. The Bertz CT molecular complexity index is 905. The lowest BCUT2D eigenvalue weighted by Gasteiger charge is -2.07. The molecule has 0 saturated carbocycles. The van der Waals surface area contributed by atoms with Crippen LogP contribution in [0.4, 0.5) is 0 Å². The number of fused-ring (bicyclic) bond motifs is 1. The van der Waals surface area contributed by atoms with E-state index in [1.165, 1.54) is 0 Å². The van der Waals surface area contributed by atoms with E-state index in [1.807, 2.05) is 24.3 Å². The highest BCUT2D eigenvalue weighted by Gasteiger charge is 2.21. The lowest BCUT2D eigenvalue weighted by atomic mass is 10.1. The van der Waals surface area contributed by atoms with Crippen LogP contribution < -0.4 is 0 Å². The maximum absolute atomic E-state index is 12.1. The van der Waals surface area contributed by atoms with Crippen molar-refractivity contribution in [3.05, 3.63) is 64.8 Å². The minimum absolute atomic E-state index is 0.124. The number of carbonyl (C=O) groups is 1. The number of nitrogens with zero attached hydrogens (tertiary/aromatic N) is 2. The van der Waals surface area contributed by atoms with Crippen LogP contribution in [0.1, 0.15) is 15.9 Å². The smallest absolute Gasteiger partial charge is 0.181 e. The van der Waals surface area contributed by atoms with Gasteiger partial charge in [-0.1, -0.05) is 29.8 Å². The van der Waals surface area contributed by atoms with E-state index in [2.05, 4.69) is 6.07 Å². The third-order valence-corrected chi connectivity index (χ3v) is 4.07. The summed E-state index contributed by atoms with van der Waals surface area (Å²) in [5.41, 5.74) is 2.60. The second-order valence-corrected chi connectivity index (χ2v) is 5.36. The molecular weight excluding hydrogens is 319 g/mol. The van der Waals surface area contributed by atoms with E-state index in [0.29, 0.717) is 16.3 Å². The van der Waals surface area contributed by atoms with Gasteiger partial charge < -0.3 is 0 Å². The van der Waals surface area contributed by atoms with Gasteiger partial charge in [-0.05, 0) is 30.3 Å². The van der Waals surface area contributed by atoms with Crippen LogP contribution in [-0.4, -0.2) is 16.2 Å². The molecule has 3 rings (SSSR count). The molecule has 0 unspecified atom stereocenters. The molecule has 3 aromatic rings. The first-order valence-electron chi connectivity index (χ1n) is 6.56. The fraction of sp³-hybridized carbons (Fsp3) is 0.0588. The number of aromatic nitrogens is 1. The van der Waals surface area contributed by atoms with Crippen LogP contribution in [0.25, 0.3) is 16.6 Å². The predicted octanol–water partition coefficient (Wildman–Crippen LogP) is 4.58. The van der Waals surface area contributed by atoms with Gasteiger partial charge in [-0.2, -0.15) is 5.26 Å². The van der Waals surface area contributed by atoms with Crippen LogP contribution in [0, 0.1) is 11.3 Å². The van der Waals surface area contributed by atoms with Crippen LogP contribution in [0.2, 0.25) is 5.15 Å². The van der Waals surface area contributed by atoms with Crippen LogP contribution in [-0.2, 0) is 0 Å². The number of hydrogen-bond acceptors (Lipinski definition) is 2. The molecule has 0 aliphatic rings. The molecule has 108 valence electrons. The van der Waals surface area contributed by atoms with Gasteiger partial charge in [0.1, 0.15) is 5.15 Å². The molecule has 0 bridgehead atoms. The molecule has 0 atom stereocenters. The van der Waals surface area contributed by atoms with E-state index in [9.17, 15) is 4.79 Å². The maximum atomic E-state index is 12.1. The second kappa shape index (κ2) is 5.84. The molecule has 0 spiro atoms. The zero-order valence-electron chi connectivity index (χ0n) is 11.4. The first kappa shape index (κ1) is 14.6. The first-order chi connectivity index (χ1) is 10.7. The maximum Gasteiger partial charge on any atom is 0.181 e. The lowest BCUT2D eigenvalue weighted by molar-refractivity contribution is 0.102. The number of benzene rings is 2. The van der Waals surface area contributed by atoms with E-state index in [-0.39, 0.29) is 11.7 Å². The number of halogens is 2. The Morgan fingerprint density at radius 2 is 1.82 bits per heavy atom. The Morgan fingerprint density at radius 3 is 2.45 bits per heavy atom. The highest BCUT2D eigenvalue weighted by atomic mass is 35.5. The SMILES string of the molecule is N#Cc1ccc(-n2c(Cl)c(C(=O)CCl)c3ccccc32)cc1. The van der Waals surface area contributed by atoms with Crippen LogP contribution in [0.3, 0.4) is 0 Å². The Hall–Kier alpha value is -2.28. The highest BCUT2D eigenvalue weighted by Crippen LogP contribution is 2.33. The topological polar surface area (TPSA) is 45.8 Å². The van der Waals surface area contributed by atoms with Crippen LogP contribution in [0.15, 0.2) is 48.5 Å². The van der Waals surface area contributed by atoms with Gasteiger partial charge in [-0.3, -0.25) is 9.36 Å². The minimum Gasteiger partial charge on any atom is -0.300 e. The molecule has 0 saturated heterocycles. The van der Waals surface area contributed by atoms with E-state index in [0.717, 1.165) is 16.6 Å². The molecule has 5 heteroatoms. The minimum atomic E-state index is -0.213. The molecule has 0 aliphatic carbocycles. The fourth-order valence-electron chi connectivity index (χ4n) is 2.48. The van der Waals surface area contributed by atoms with Gasteiger partial charge >= 0.3 is 0 Å². The largest absolute Gasteiger partial charge is 0.300 e. The van der Waals surface area contributed by atoms with Crippen molar-refractivity contribution in [2.24, 2.45) is 0 Å². The van der Waals surface area contributed by atoms with Crippen molar-refractivity contribution in [2.45, 2.75) is 0 Å². The molecule has 1 aromatic heterocycles. The average Bonchev–Trinajstić information content (AvgIpc) is 2.86. The quantitative estimate of drug-likeness (QED) is 0.522. The summed E-state index contributed by atoms with van der Waals surface area (Å²) in [6.45, 7) is 0. The van der Waals surface area contributed by atoms with Gasteiger partial charge in [-0.15, -0.1) is 11.6 Å². The Morgan fingerprint density at radius 1 is 1.14 bits per heavy atom. The summed E-state index contributed by atoms with van der Waals surface area (Å²) < 4.78 is 1.79. The lowest BCUT2D eigenvalue weighted by Crippen LogP contribution is -2.01. The van der Waals surface area contributed by atoms with Gasteiger partial charge in [0.2, 0.25) is 0 Å². The van der Waals surface area contributed by atoms with Crippen molar-refractivity contribution in [3.8, 4) is 11.8 Å². The van der Waals surface area contributed by atoms with Gasteiger partial charge in [-0.25, -0.2) is 0 Å².